The summed E-state index contributed by atoms with van der Waals surface area (Å²) in [5, 5.41) is 13.9. The Hall–Kier alpha value is -1.02. The molecule has 74 heavy (non-hydrogen) atoms. The number of phosphoric ester groups is 1. The van der Waals surface area contributed by atoms with Gasteiger partial charge in [-0.1, -0.05) is 308 Å². The van der Waals surface area contributed by atoms with Crippen molar-refractivity contribution in [2.45, 2.75) is 347 Å². The second kappa shape index (κ2) is 56.7. The van der Waals surface area contributed by atoms with Crippen LogP contribution in [0.2, 0.25) is 0 Å². The first-order chi connectivity index (χ1) is 36.0. The van der Waals surface area contributed by atoms with Crippen LogP contribution < -0.4 is 10.2 Å². The van der Waals surface area contributed by atoms with Gasteiger partial charge in [0.2, 0.25) is 5.91 Å². The van der Waals surface area contributed by atoms with Crippen LogP contribution in [0.25, 0.3) is 0 Å². The third-order valence-corrected chi connectivity index (χ3v) is 16.1. The Morgan fingerprint density at radius 2 is 0.743 bits per heavy atom. The van der Waals surface area contributed by atoms with E-state index in [-0.39, 0.29) is 19.1 Å². The summed E-state index contributed by atoms with van der Waals surface area (Å²) in [6, 6.07) is -0.883. The third kappa shape index (κ3) is 58.7. The molecular weight excluding hydrogens is 936 g/mol. The first-order valence-corrected chi connectivity index (χ1v) is 34.2. The van der Waals surface area contributed by atoms with Crippen molar-refractivity contribution < 1.29 is 32.9 Å². The molecule has 0 radical (unpaired) electrons. The van der Waals surface area contributed by atoms with E-state index in [4.69, 9.17) is 9.05 Å². The van der Waals surface area contributed by atoms with Gasteiger partial charge >= 0.3 is 0 Å². The minimum atomic E-state index is -4.59. The van der Waals surface area contributed by atoms with Gasteiger partial charge in [-0.15, -0.1) is 0 Å². The van der Waals surface area contributed by atoms with E-state index in [9.17, 15) is 19.4 Å². The summed E-state index contributed by atoms with van der Waals surface area (Å²) in [6.45, 7) is 4.69. The number of carbonyl (C=O) groups excluding carboxylic acids is 1. The second-order valence-electron chi connectivity index (χ2n) is 23.8. The summed E-state index contributed by atoms with van der Waals surface area (Å²) in [5.74, 6) is -0.190. The maximum Gasteiger partial charge on any atom is 0.268 e. The molecule has 3 atom stereocenters. The van der Waals surface area contributed by atoms with Crippen LogP contribution in [0.5, 0.6) is 0 Å². The first-order valence-electron chi connectivity index (χ1n) is 32.7. The minimum Gasteiger partial charge on any atom is -0.756 e. The highest BCUT2D eigenvalue weighted by Gasteiger charge is 2.23. The third-order valence-electron chi connectivity index (χ3n) is 15.2. The number of carbonyl (C=O) groups is 1. The van der Waals surface area contributed by atoms with Crippen molar-refractivity contribution in [1.29, 1.82) is 0 Å². The predicted octanol–water partition coefficient (Wildman–Crippen LogP) is 19.7. The van der Waals surface area contributed by atoms with Gasteiger partial charge in [0, 0.05) is 6.42 Å². The van der Waals surface area contributed by atoms with Crippen molar-refractivity contribution in [3.8, 4) is 0 Å². The molecule has 0 fully saturated rings. The Morgan fingerprint density at radius 1 is 0.459 bits per heavy atom. The van der Waals surface area contributed by atoms with Crippen molar-refractivity contribution in [3.05, 3.63) is 24.3 Å². The van der Waals surface area contributed by atoms with E-state index in [0.29, 0.717) is 17.4 Å². The number of aliphatic hydroxyl groups is 1. The van der Waals surface area contributed by atoms with Crippen LogP contribution in [0.15, 0.2) is 24.3 Å². The van der Waals surface area contributed by atoms with Gasteiger partial charge in [0.15, 0.2) is 0 Å². The van der Waals surface area contributed by atoms with Gasteiger partial charge in [-0.2, -0.15) is 0 Å². The number of hydrogen-bond donors (Lipinski definition) is 2. The molecule has 0 aromatic rings. The topological polar surface area (TPSA) is 108 Å². The van der Waals surface area contributed by atoms with E-state index in [1.807, 2.05) is 27.2 Å². The molecule has 8 nitrogen and oxygen atoms in total. The lowest BCUT2D eigenvalue weighted by Gasteiger charge is -2.29. The average Bonchev–Trinajstić information content (AvgIpc) is 3.36. The maximum atomic E-state index is 13.0. The molecule has 3 unspecified atom stereocenters. The Balaban J connectivity index is 3.90. The van der Waals surface area contributed by atoms with E-state index in [1.54, 1.807) is 6.08 Å². The zero-order valence-corrected chi connectivity index (χ0v) is 51.2. The van der Waals surface area contributed by atoms with Crippen LogP contribution in [0.4, 0.5) is 0 Å². The fourth-order valence-corrected chi connectivity index (χ4v) is 10.8. The van der Waals surface area contributed by atoms with Crippen molar-refractivity contribution in [2.24, 2.45) is 0 Å². The van der Waals surface area contributed by atoms with Crippen molar-refractivity contribution in [3.63, 3.8) is 0 Å². The van der Waals surface area contributed by atoms with Crippen LogP contribution in [0, 0.1) is 0 Å². The zero-order valence-electron chi connectivity index (χ0n) is 50.3. The van der Waals surface area contributed by atoms with E-state index in [0.717, 1.165) is 38.5 Å². The SMILES string of the molecule is CCCCCCCCCC/C=C\CCCCCCCCCCCCCCCCCCCCCCCCCCCC(=O)NC(COP(=O)([O-])OCC[N+](C)(C)C)C(O)/C=C/CCCCCCCCCCCCCCC. The highest BCUT2D eigenvalue weighted by atomic mass is 31.2. The fraction of sp³-hybridized carbons (Fsp3) is 0.923. The van der Waals surface area contributed by atoms with Gasteiger partial charge in [-0.3, -0.25) is 9.36 Å². The molecule has 0 aliphatic heterocycles. The molecule has 0 aliphatic carbocycles. The largest absolute Gasteiger partial charge is 0.756 e. The number of rotatable bonds is 61. The minimum absolute atomic E-state index is 0.00188. The normalized spacial score (nSPS) is 13.9. The lowest BCUT2D eigenvalue weighted by atomic mass is 10.0. The van der Waals surface area contributed by atoms with Gasteiger partial charge in [0.25, 0.3) is 7.82 Å². The van der Waals surface area contributed by atoms with E-state index < -0.39 is 20.0 Å². The van der Waals surface area contributed by atoms with E-state index in [2.05, 4.69) is 31.3 Å². The van der Waals surface area contributed by atoms with Crippen LogP contribution in [-0.4, -0.2) is 68.5 Å². The van der Waals surface area contributed by atoms with Gasteiger partial charge in [0.05, 0.1) is 39.9 Å². The van der Waals surface area contributed by atoms with Gasteiger partial charge < -0.3 is 28.8 Å². The molecule has 0 heterocycles. The number of nitrogens with zero attached hydrogens (tertiary/aromatic N) is 1. The van der Waals surface area contributed by atoms with Crippen LogP contribution >= 0.6 is 7.82 Å². The van der Waals surface area contributed by atoms with Crippen LogP contribution in [0.1, 0.15) is 335 Å². The molecular formula is C65H129N2O6P. The zero-order chi connectivity index (χ0) is 54.2. The average molecular weight is 1070 g/mol. The highest BCUT2D eigenvalue weighted by Crippen LogP contribution is 2.38. The molecule has 2 N–H and O–H groups in total. The number of quaternary nitrogens is 1. The summed E-state index contributed by atoms with van der Waals surface area (Å²) < 4.78 is 23.4. The molecule has 0 rings (SSSR count). The summed E-state index contributed by atoms with van der Waals surface area (Å²) in [5.41, 5.74) is 0. The summed E-state index contributed by atoms with van der Waals surface area (Å²) in [6.07, 6.45) is 73.0. The molecule has 0 aromatic heterocycles. The Labute approximate surface area is 462 Å². The number of hydrogen-bond acceptors (Lipinski definition) is 6. The lowest BCUT2D eigenvalue weighted by molar-refractivity contribution is -0.870. The number of phosphoric acid groups is 1. The maximum absolute atomic E-state index is 13.0. The van der Waals surface area contributed by atoms with E-state index >= 15 is 0 Å². The van der Waals surface area contributed by atoms with Gasteiger partial charge in [-0.25, -0.2) is 0 Å². The molecule has 0 saturated heterocycles. The highest BCUT2D eigenvalue weighted by molar-refractivity contribution is 7.45. The lowest BCUT2D eigenvalue weighted by Crippen LogP contribution is -2.45. The smallest absolute Gasteiger partial charge is 0.268 e. The number of aliphatic hydroxyl groups excluding tert-OH is 1. The van der Waals surface area contributed by atoms with Crippen LogP contribution in [0.3, 0.4) is 0 Å². The second-order valence-corrected chi connectivity index (χ2v) is 25.2. The molecule has 9 heteroatoms. The molecule has 440 valence electrons. The molecule has 1 amide bonds. The number of allylic oxidation sites excluding steroid dienone is 3. The summed E-state index contributed by atoms with van der Waals surface area (Å²) in [4.78, 5) is 25.5. The number of amides is 1. The van der Waals surface area contributed by atoms with Gasteiger partial charge in [0.1, 0.15) is 13.2 Å². The van der Waals surface area contributed by atoms with Gasteiger partial charge in [-0.05, 0) is 44.9 Å². The van der Waals surface area contributed by atoms with Crippen molar-refractivity contribution in [2.75, 3.05) is 40.9 Å². The molecule has 0 aromatic carbocycles. The number of likely N-dealkylation sites (N-methyl/N-ethyl adjacent to an activating group) is 1. The monoisotopic (exact) mass is 1060 g/mol. The molecule has 0 aliphatic rings. The Bertz CT molecular complexity index is 1260. The summed E-state index contributed by atoms with van der Waals surface area (Å²) >= 11 is 0. The van der Waals surface area contributed by atoms with E-state index in [1.165, 1.54) is 276 Å². The van der Waals surface area contributed by atoms with Crippen molar-refractivity contribution in [1.82, 2.24) is 5.32 Å². The van der Waals surface area contributed by atoms with Crippen LogP contribution in [-0.2, 0) is 18.4 Å². The Morgan fingerprint density at radius 3 is 1.05 bits per heavy atom. The predicted molar refractivity (Wildman–Crippen MR) is 321 cm³/mol. The molecule has 0 spiro atoms. The van der Waals surface area contributed by atoms with Crippen molar-refractivity contribution >= 4 is 13.7 Å². The standard InChI is InChI=1S/C65H129N2O6P/c1-6-8-10-12-14-16-18-20-22-23-24-25-26-27-28-29-30-31-32-33-34-35-36-37-38-39-40-41-42-43-45-47-49-51-53-55-57-59-65(69)66-63(62-73-74(70,71)72-61-60-67(3,4)5)64(68)58-56-54-52-50-48-46-44-21-19-17-15-13-11-9-7-2/h23-24,56,58,63-64,68H,6-22,25-55,57,59-62H2,1-5H3,(H-,66,69,70,71)/b24-23-,58-56+. The number of nitrogens with one attached hydrogen (secondary N) is 1. The quantitative estimate of drug-likeness (QED) is 0.0272. The Kier molecular flexibility index (Phi) is 55.9. The molecule has 0 bridgehead atoms. The first kappa shape index (κ1) is 73.0. The molecule has 0 saturated carbocycles. The summed E-state index contributed by atoms with van der Waals surface area (Å²) in [7, 11) is 1.28. The number of unbranched alkanes of at least 4 members (excludes halogenated alkanes) is 46. The fourth-order valence-electron chi connectivity index (χ4n) is 10.0.